The van der Waals surface area contributed by atoms with Crippen LogP contribution in [0.2, 0.25) is 5.02 Å². The van der Waals surface area contributed by atoms with Gasteiger partial charge in [-0.2, -0.15) is 0 Å². The van der Waals surface area contributed by atoms with E-state index in [0.717, 1.165) is 12.8 Å². The van der Waals surface area contributed by atoms with Crippen molar-refractivity contribution in [3.63, 3.8) is 0 Å². The molecule has 0 amide bonds. The summed E-state index contributed by atoms with van der Waals surface area (Å²) in [5, 5.41) is 0.331. The van der Waals surface area contributed by atoms with Gasteiger partial charge in [0, 0.05) is 10.7 Å². The molecular weight excluding hydrogens is 270 g/mol. The number of nitrogen functional groups attached to an aromatic ring is 1. The highest BCUT2D eigenvalue weighted by Crippen LogP contribution is 2.17. The highest BCUT2D eigenvalue weighted by atomic mass is 35.5. The van der Waals surface area contributed by atoms with Gasteiger partial charge in [0.05, 0.1) is 12.2 Å². The van der Waals surface area contributed by atoms with Gasteiger partial charge in [-0.1, -0.05) is 24.9 Å². The molecule has 5 nitrogen and oxygen atoms in total. The number of nitrogens with two attached hydrogens (primary N) is 1. The summed E-state index contributed by atoms with van der Waals surface area (Å²) in [7, 11) is 0. The van der Waals surface area contributed by atoms with E-state index in [1.54, 1.807) is 0 Å². The number of rotatable bonds is 6. The van der Waals surface area contributed by atoms with Gasteiger partial charge in [-0.25, -0.2) is 9.59 Å². The smallest absolute Gasteiger partial charge is 0.344 e. The lowest BCUT2D eigenvalue weighted by atomic mass is 10.2. The van der Waals surface area contributed by atoms with Crippen molar-refractivity contribution in [2.75, 3.05) is 18.9 Å². The molecule has 1 aromatic carbocycles. The SMILES string of the molecule is CCCCOC(=O)COC(=O)c1cc(N)cc(Cl)c1. The molecule has 0 aliphatic heterocycles. The standard InChI is InChI=1S/C13H16ClNO4/c1-2-3-4-18-12(16)8-19-13(17)9-5-10(14)7-11(15)6-9/h5-7H,2-4,8,15H2,1H3. The Morgan fingerprint density at radius 3 is 2.63 bits per heavy atom. The number of esters is 2. The minimum absolute atomic E-state index is 0.200. The van der Waals surface area contributed by atoms with E-state index in [1.807, 2.05) is 6.92 Å². The summed E-state index contributed by atoms with van der Waals surface area (Å²) >= 11 is 5.76. The van der Waals surface area contributed by atoms with Crippen molar-refractivity contribution < 1.29 is 19.1 Å². The van der Waals surface area contributed by atoms with Gasteiger partial charge in [-0.15, -0.1) is 0 Å². The van der Waals surface area contributed by atoms with E-state index in [9.17, 15) is 9.59 Å². The van der Waals surface area contributed by atoms with Crippen LogP contribution in [0.25, 0.3) is 0 Å². The van der Waals surface area contributed by atoms with Crippen LogP contribution in [0.4, 0.5) is 5.69 Å². The number of halogens is 1. The summed E-state index contributed by atoms with van der Waals surface area (Å²) in [6.45, 7) is 1.89. The number of unbranched alkanes of at least 4 members (excludes halogenated alkanes) is 1. The summed E-state index contributed by atoms with van der Waals surface area (Å²) in [5.74, 6) is -1.24. The minimum atomic E-state index is -0.665. The van der Waals surface area contributed by atoms with Crippen molar-refractivity contribution in [1.29, 1.82) is 0 Å². The largest absolute Gasteiger partial charge is 0.463 e. The van der Waals surface area contributed by atoms with Gasteiger partial charge < -0.3 is 15.2 Å². The number of hydrogen-bond donors (Lipinski definition) is 1. The molecule has 0 aliphatic carbocycles. The lowest BCUT2D eigenvalue weighted by Gasteiger charge is -2.06. The van der Waals surface area contributed by atoms with E-state index in [4.69, 9.17) is 26.8 Å². The van der Waals surface area contributed by atoms with Crippen LogP contribution in [-0.2, 0) is 14.3 Å². The fraction of sp³-hybridized carbons (Fsp3) is 0.385. The second kappa shape index (κ2) is 7.63. The molecule has 0 saturated heterocycles. The maximum absolute atomic E-state index is 11.6. The van der Waals surface area contributed by atoms with Crippen LogP contribution in [0, 0.1) is 0 Å². The molecule has 0 bridgehead atoms. The Hall–Kier alpha value is -1.75. The first-order chi connectivity index (χ1) is 9.02. The predicted molar refractivity (Wildman–Crippen MR) is 72.0 cm³/mol. The number of anilines is 1. The zero-order valence-corrected chi connectivity index (χ0v) is 11.4. The molecule has 19 heavy (non-hydrogen) atoms. The van der Waals surface area contributed by atoms with Crippen LogP contribution >= 0.6 is 11.6 Å². The van der Waals surface area contributed by atoms with Crippen LogP contribution in [0.3, 0.4) is 0 Å². The van der Waals surface area contributed by atoms with Crippen LogP contribution in [0.15, 0.2) is 18.2 Å². The van der Waals surface area contributed by atoms with Crippen molar-refractivity contribution in [2.24, 2.45) is 0 Å². The fourth-order valence-electron chi connectivity index (χ4n) is 1.31. The van der Waals surface area contributed by atoms with Crippen LogP contribution < -0.4 is 5.73 Å². The molecule has 104 valence electrons. The third-order valence-electron chi connectivity index (χ3n) is 2.24. The van der Waals surface area contributed by atoms with E-state index in [0.29, 0.717) is 17.3 Å². The van der Waals surface area contributed by atoms with Gasteiger partial charge in [0.1, 0.15) is 0 Å². The molecule has 0 unspecified atom stereocenters. The Balaban J connectivity index is 2.44. The fourth-order valence-corrected chi connectivity index (χ4v) is 1.55. The first kappa shape index (κ1) is 15.3. The van der Waals surface area contributed by atoms with Gasteiger partial charge in [-0.3, -0.25) is 0 Å². The van der Waals surface area contributed by atoms with Gasteiger partial charge in [-0.05, 0) is 24.6 Å². The molecule has 1 aromatic rings. The first-order valence-electron chi connectivity index (χ1n) is 5.91. The number of carbonyl (C=O) groups is 2. The van der Waals surface area contributed by atoms with E-state index in [2.05, 4.69) is 0 Å². The maximum atomic E-state index is 11.6. The monoisotopic (exact) mass is 285 g/mol. The lowest BCUT2D eigenvalue weighted by molar-refractivity contribution is -0.147. The van der Waals surface area contributed by atoms with Crippen molar-refractivity contribution >= 4 is 29.2 Å². The number of benzene rings is 1. The summed E-state index contributed by atoms with van der Waals surface area (Å²) in [6, 6.07) is 4.36. The zero-order valence-electron chi connectivity index (χ0n) is 10.6. The quantitative estimate of drug-likeness (QED) is 0.493. The molecule has 0 radical (unpaired) electrons. The highest BCUT2D eigenvalue weighted by Gasteiger charge is 2.12. The molecule has 1 rings (SSSR count). The van der Waals surface area contributed by atoms with E-state index in [1.165, 1.54) is 18.2 Å². The molecule has 2 N–H and O–H groups in total. The Morgan fingerprint density at radius 2 is 2.00 bits per heavy atom. The van der Waals surface area contributed by atoms with Crippen LogP contribution in [0.5, 0.6) is 0 Å². The van der Waals surface area contributed by atoms with Crippen LogP contribution in [0.1, 0.15) is 30.1 Å². The Labute approximate surface area is 116 Å². The molecule has 0 heterocycles. The molecule has 0 aromatic heterocycles. The van der Waals surface area contributed by atoms with E-state index >= 15 is 0 Å². The lowest BCUT2D eigenvalue weighted by Crippen LogP contribution is -2.17. The van der Waals surface area contributed by atoms with Gasteiger partial charge >= 0.3 is 11.9 Å². The second-order valence-corrected chi connectivity index (χ2v) is 4.36. The first-order valence-corrected chi connectivity index (χ1v) is 6.29. The zero-order chi connectivity index (χ0) is 14.3. The van der Waals surface area contributed by atoms with Crippen molar-refractivity contribution in [3.8, 4) is 0 Å². The second-order valence-electron chi connectivity index (χ2n) is 3.92. The normalized spacial score (nSPS) is 10.0. The number of ether oxygens (including phenoxy) is 2. The Bertz CT molecular complexity index is 442. The molecule has 0 spiro atoms. The summed E-state index contributed by atoms with van der Waals surface area (Å²) in [4.78, 5) is 22.9. The predicted octanol–water partition coefficient (Wildman–Crippen LogP) is 2.42. The van der Waals surface area contributed by atoms with E-state index < -0.39 is 18.5 Å². The summed E-state index contributed by atoms with van der Waals surface area (Å²) < 4.78 is 9.65. The third-order valence-corrected chi connectivity index (χ3v) is 2.46. The molecule has 0 fully saturated rings. The topological polar surface area (TPSA) is 78.6 Å². The van der Waals surface area contributed by atoms with Crippen molar-refractivity contribution in [1.82, 2.24) is 0 Å². The van der Waals surface area contributed by atoms with Gasteiger partial charge in [0.15, 0.2) is 6.61 Å². The Morgan fingerprint density at radius 1 is 1.26 bits per heavy atom. The van der Waals surface area contributed by atoms with Crippen LogP contribution in [-0.4, -0.2) is 25.2 Å². The molecule has 0 atom stereocenters. The van der Waals surface area contributed by atoms with Gasteiger partial charge in [0.2, 0.25) is 0 Å². The maximum Gasteiger partial charge on any atom is 0.344 e. The van der Waals surface area contributed by atoms with Gasteiger partial charge in [0.25, 0.3) is 0 Å². The summed E-state index contributed by atoms with van der Waals surface area (Å²) in [5.41, 5.74) is 6.10. The number of hydrogen-bond acceptors (Lipinski definition) is 5. The molecule has 0 aliphatic rings. The molecule has 6 heteroatoms. The highest BCUT2D eigenvalue weighted by molar-refractivity contribution is 6.31. The average molecular weight is 286 g/mol. The molecular formula is C13H16ClNO4. The third kappa shape index (κ3) is 5.61. The van der Waals surface area contributed by atoms with E-state index in [-0.39, 0.29) is 5.56 Å². The number of carbonyl (C=O) groups excluding carboxylic acids is 2. The van der Waals surface area contributed by atoms with Crippen molar-refractivity contribution in [2.45, 2.75) is 19.8 Å². The van der Waals surface area contributed by atoms with Crippen molar-refractivity contribution in [3.05, 3.63) is 28.8 Å². The molecule has 0 saturated carbocycles. The summed E-state index contributed by atoms with van der Waals surface area (Å²) in [6.07, 6.45) is 1.71. The minimum Gasteiger partial charge on any atom is -0.463 e. The Kier molecular flexibility index (Phi) is 6.15. The average Bonchev–Trinajstić information content (AvgIpc) is 2.35.